The molecule has 1 saturated heterocycles. The Hall–Kier alpha value is -1.72. The third kappa shape index (κ3) is 2.04. The number of Topliss-reactive ketones (excluding diaryl/α,β-unsaturated/α-hetero) is 1. The normalized spacial score (nSPS) is 45.1. The lowest BCUT2D eigenvalue weighted by molar-refractivity contribution is -0.171. The largest absolute Gasteiger partial charge is 0.466 e. The van der Waals surface area contributed by atoms with Crippen LogP contribution in [-0.4, -0.2) is 30.3 Å². The maximum absolute atomic E-state index is 13.3. The highest BCUT2D eigenvalue weighted by molar-refractivity contribution is 6.03. The first-order valence-electron chi connectivity index (χ1n) is 10.4. The van der Waals surface area contributed by atoms with E-state index in [1.807, 2.05) is 51.1 Å². The van der Waals surface area contributed by atoms with Crippen LogP contribution < -0.4 is 0 Å². The van der Waals surface area contributed by atoms with E-state index in [-0.39, 0.29) is 47.1 Å². The number of hydrogen-bond donors (Lipinski definition) is 0. The van der Waals surface area contributed by atoms with Crippen molar-refractivity contribution in [2.45, 2.75) is 58.5 Å². The molecule has 28 heavy (non-hydrogen) atoms. The standard InChI is InChI=1S/C23H28O5/c1-5-26-20(25)23-15(14-11-12-22(23,4)19(23)16(14)24)18-17(27-21(2,3)28-18)13-9-7-6-8-10-13/h6-10,14-15,17-19H,5,11-12H2,1-4H3/t14-,15-,17-,18-,19?,22-,23?/m0/s1. The summed E-state index contributed by atoms with van der Waals surface area (Å²) in [5.74, 6) is -1.33. The van der Waals surface area contributed by atoms with Gasteiger partial charge >= 0.3 is 5.97 Å². The SMILES string of the molecule is CCOC(=O)C12C3C(=O)[C@@H](CC[C@@]31C)[C@H]2[C@@H]1OC(C)(C)O[C@H]1c1ccccc1. The van der Waals surface area contributed by atoms with Crippen molar-refractivity contribution in [3.05, 3.63) is 35.9 Å². The minimum absolute atomic E-state index is 0.148. The minimum atomic E-state index is -0.767. The summed E-state index contributed by atoms with van der Waals surface area (Å²) in [5, 5.41) is 0. The lowest BCUT2D eigenvalue weighted by Crippen LogP contribution is -2.47. The predicted molar refractivity (Wildman–Crippen MR) is 101 cm³/mol. The van der Waals surface area contributed by atoms with Crippen LogP contribution in [0, 0.1) is 28.6 Å². The molecule has 0 N–H and O–H groups in total. The van der Waals surface area contributed by atoms with Gasteiger partial charge < -0.3 is 14.2 Å². The molecule has 0 radical (unpaired) electrons. The first kappa shape index (κ1) is 18.3. The van der Waals surface area contributed by atoms with Gasteiger partial charge in [-0.15, -0.1) is 0 Å². The number of benzene rings is 1. The van der Waals surface area contributed by atoms with Gasteiger partial charge in [0.15, 0.2) is 5.79 Å². The van der Waals surface area contributed by atoms with Gasteiger partial charge in [-0.25, -0.2) is 0 Å². The average Bonchev–Trinajstić information content (AvgIpc) is 2.96. The van der Waals surface area contributed by atoms with Gasteiger partial charge in [-0.1, -0.05) is 37.3 Å². The highest BCUT2D eigenvalue weighted by Gasteiger charge is 2.91. The fraction of sp³-hybridized carbons (Fsp3) is 0.652. The minimum Gasteiger partial charge on any atom is -0.466 e. The van der Waals surface area contributed by atoms with E-state index >= 15 is 0 Å². The number of rotatable bonds is 4. The smallest absolute Gasteiger partial charge is 0.313 e. The van der Waals surface area contributed by atoms with Crippen LogP contribution in [0.25, 0.3) is 0 Å². The van der Waals surface area contributed by atoms with Crippen molar-refractivity contribution in [1.82, 2.24) is 0 Å². The number of esters is 1. The van der Waals surface area contributed by atoms with E-state index < -0.39 is 11.2 Å². The molecule has 1 aromatic rings. The monoisotopic (exact) mass is 384 g/mol. The summed E-state index contributed by atoms with van der Waals surface area (Å²) in [7, 11) is 0. The van der Waals surface area contributed by atoms with Gasteiger partial charge in [0.25, 0.3) is 0 Å². The van der Waals surface area contributed by atoms with Gasteiger partial charge in [-0.05, 0) is 44.6 Å². The summed E-state index contributed by atoms with van der Waals surface area (Å²) in [6, 6.07) is 9.99. The Bertz CT molecular complexity index is 833. The topological polar surface area (TPSA) is 61.8 Å². The second kappa shape index (κ2) is 5.67. The van der Waals surface area contributed by atoms with Crippen LogP contribution in [0.5, 0.6) is 0 Å². The van der Waals surface area contributed by atoms with E-state index in [0.717, 1.165) is 18.4 Å². The Kier molecular flexibility index (Phi) is 3.71. The number of fused-ring (bicyclic) bond motifs is 1. The molecule has 1 heterocycles. The lowest BCUT2D eigenvalue weighted by atomic mass is 9.63. The Balaban J connectivity index is 1.61. The van der Waals surface area contributed by atoms with Crippen molar-refractivity contribution in [3.8, 4) is 0 Å². The average molecular weight is 384 g/mol. The molecular weight excluding hydrogens is 356 g/mol. The van der Waals surface area contributed by atoms with Crippen LogP contribution in [-0.2, 0) is 23.8 Å². The molecule has 0 aromatic heterocycles. The summed E-state index contributed by atoms with van der Waals surface area (Å²) in [6.45, 7) is 8.05. The third-order valence-corrected chi connectivity index (χ3v) is 7.76. The zero-order valence-corrected chi connectivity index (χ0v) is 16.9. The van der Waals surface area contributed by atoms with Crippen LogP contribution in [0.4, 0.5) is 0 Å². The quantitative estimate of drug-likeness (QED) is 0.741. The van der Waals surface area contributed by atoms with Crippen molar-refractivity contribution in [2.75, 3.05) is 6.61 Å². The number of ketones is 1. The molecule has 7 atom stereocenters. The van der Waals surface area contributed by atoms with Gasteiger partial charge in [0, 0.05) is 17.8 Å². The molecule has 5 aliphatic rings. The van der Waals surface area contributed by atoms with Gasteiger partial charge in [-0.3, -0.25) is 9.59 Å². The van der Waals surface area contributed by atoms with Crippen LogP contribution in [0.1, 0.15) is 52.2 Å². The van der Waals surface area contributed by atoms with Gasteiger partial charge in [0.1, 0.15) is 11.9 Å². The van der Waals surface area contributed by atoms with E-state index in [0.29, 0.717) is 6.61 Å². The summed E-state index contributed by atoms with van der Waals surface area (Å²) in [5.41, 5.74) is -0.0490. The van der Waals surface area contributed by atoms with Gasteiger partial charge in [0.2, 0.25) is 0 Å². The lowest BCUT2D eigenvalue weighted by Gasteiger charge is -2.41. The molecule has 5 nitrogen and oxygen atoms in total. The maximum Gasteiger partial charge on any atom is 0.313 e. The number of carbonyl (C=O) groups is 2. The van der Waals surface area contributed by atoms with E-state index in [4.69, 9.17) is 14.2 Å². The molecule has 1 aliphatic heterocycles. The molecule has 150 valence electrons. The van der Waals surface area contributed by atoms with E-state index in [1.54, 1.807) is 0 Å². The Morgan fingerprint density at radius 2 is 1.89 bits per heavy atom. The summed E-state index contributed by atoms with van der Waals surface area (Å²) in [4.78, 5) is 26.4. The van der Waals surface area contributed by atoms with Crippen LogP contribution in [0.15, 0.2) is 30.3 Å². The van der Waals surface area contributed by atoms with E-state index in [1.165, 1.54) is 0 Å². The molecular formula is C23H28O5. The number of ether oxygens (including phenoxy) is 3. The van der Waals surface area contributed by atoms with Crippen molar-refractivity contribution in [2.24, 2.45) is 28.6 Å². The molecule has 6 rings (SSSR count). The summed E-state index contributed by atoms with van der Waals surface area (Å²) < 4.78 is 18.2. The second-order valence-corrected chi connectivity index (χ2v) is 9.44. The first-order valence-corrected chi connectivity index (χ1v) is 10.4. The zero-order chi connectivity index (χ0) is 19.9. The molecule has 5 heteroatoms. The molecule has 0 amide bonds. The predicted octanol–water partition coefficient (Wildman–Crippen LogP) is 3.67. The summed E-state index contributed by atoms with van der Waals surface area (Å²) >= 11 is 0. The second-order valence-electron chi connectivity index (χ2n) is 9.44. The molecule has 4 saturated carbocycles. The van der Waals surface area contributed by atoms with Crippen molar-refractivity contribution >= 4 is 11.8 Å². The van der Waals surface area contributed by atoms with Crippen LogP contribution >= 0.6 is 0 Å². The number of hydrogen-bond acceptors (Lipinski definition) is 5. The molecule has 0 spiro atoms. The van der Waals surface area contributed by atoms with Gasteiger partial charge in [0.05, 0.1) is 18.1 Å². The molecule has 2 unspecified atom stereocenters. The molecule has 4 bridgehead atoms. The molecule has 5 fully saturated rings. The third-order valence-electron chi connectivity index (χ3n) is 7.76. The van der Waals surface area contributed by atoms with Crippen molar-refractivity contribution in [1.29, 1.82) is 0 Å². The Morgan fingerprint density at radius 1 is 1.18 bits per heavy atom. The zero-order valence-electron chi connectivity index (χ0n) is 16.9. The highest BCUT2D eigenvalue weighted by atomic mass is 16.8. The first-order chi connectivity index (χ1) is 13.3. The Labute approximate surface area is 165 Å². The van der Waals surface area contributed by atoms with Gasteiger partial charge in [-0.2, -0.15) is 0 Å². The van der Waals surface area contributed by atoms with Crippen LogP contribution in [0.3, 0.4) is 0 Å². The molecule has 1 aromatic carbocycles. The number of carbonyl (C=O) groups excluding carboxylic acids is 2. The fourth-order valence-corrected chi connectivity index (χ4v) is 6.84. The fourth-order valence-electron chi connectivity index (χ4n) is 6.84. The van der Waals surface area contributed by atoms with Crippen molar-refractivity contribution < 1.29 is 23.8 Å². The molecule has 4 aliphatic carbocycles. The maximum atomic E-state index is 13.3. The Morgan fingerprint density at radius 3 is 2.54 bits per heavy atom. The van der Waals surface area contributed by atoms with E-state index in [9.17, 15) is 9.59 Å². The van der Waals surface area contributed by atoms with Crippen LogP contribution in [0.2, 0.25) is 0 Å². The summed E-state index contributed by atoms with van der Waals surface area (Å²) in [6.07, 6.45) is 1.07. The van der Waals surface area contributed by atoms with E-state index in [2.05, 4.69) is 6.92 Å². The van der Waals surface area contributed by atoms with Crippen molar-refractivity contribution in [3.63, 3.8) is 0 Å². The highest BCUT2D eigenvalue weighted by Crippen LogP contribution is 2.85.